The Balaban J connectivity index is 2.02. The summed E-state index contributed by atoms with van der Waals surface area (Å²) in [5.74, 6) is -0.104. The second-order valence-electron chi connectivity index (χ2n) is 5.94. The van der Waals surface area contributed by atoms with E-state index in [9.17, 15) is 13.2 Å². The molecule has 1 aliphatic rings. The molecule has 0 unspecified atom stereocenters. The molecule has 1 fully saturated rings. The Morgan fingerprint density at radius 2 is 2.04 bits per heavy atom. The maximum atomic E-state index is 12.1. The van der Waals surface area contributed by atoms with Gasteiger partial charge in [-0.05, 0) is 37.5 Å². The monoisotopic (exact) mass is 374 g/mol. The molecular formula is C16H23ClN2O4S. The number of hydrogen-bond acceptors (Lipinski definition) is 4. The fourth-order valence-corrected chi connectivity index (χ4v) is 3.84. The zero-order valence-electron chi connectivity index (χ0n) is 13.9. The number of sulfonamides is 1. The van der Waals surface area contributed by atoms with Crippen molar-refractivity contribution >= 4 is 33.2 Å². The van der Waals surface area contributed by atoms with Crippen LogP contribution in [0.2, 0.25) is 5.02 Å². The maximum absolute atomic E-state index is 12.1. The highest BCUT2D eigenvalue weighted by atomic mass is 35.5. The molecule has 1 N–H and O–H groups in total. The van der Waals surface area contributed by atoms with Gasteiger partial charge in [0.25, 0.3) is 0 Å². The van der Waals surface area contributed by atoms with E-state index in [1.54, 1.807) is 18.2 Å². The number of nitrogens with one attached hydrogen (secondary N) is 1. The summed E-state index contributed by atoms with van der Waals surface area (Å²) in [6, 6.07) is 5.11. The third-order valence-electron chi connectivity index (χ3n) is 4.05. The standard InChI is InChI=1S/C16H23ClN2O4S/c1-12-3-4-14(17)11-15(12)19(24(2,21)22)8-7-18-16(20)13-5-9-23-10-6-13/h3-4,11,13H,5-10H2,1-2H3,(H,18,20). The molecule has 1 aromatic rings. The number of amides is 1. The lowest BCUT2D eigenvalue weighted by atomic mass is 9.99. The van der Waals surface area contributed by atoms with Crippen molar-refractivity contribution in [3.8, 4) is 0 Å². The number of nitrogens with zero attached hydrogens (tertiary/aromatic N) is 1. The van der Waals surface area contributed by atoms with Crippen molar-refractivity contribution in [2.75, 3.05) is 36.9 Å². The molecule has 1 heterocycles. The predicted octanol–water partition coefficient (Wildman–Crippen LogP) is 1.96. The molecule has 6 nitrogen and oxygen atoms in total. The van der Waals surface area contributed by atoms with Gasteiger partial charge in [0.05, 0.1) is 18.5 Å². The summed E-state index contributed by atoms with van der Waals surface area (Å²) in [7, 11) is -3.48. The number of halogens is 1. The molecular weight excluding hydrogens is 352 g/mol. The highest BCUT2D eigenvalue weighted by Crippen LogP contribution is 2.26. The van der Waals surface area contributed by atoms with Crippen LogP contribution in [0.25, 0.3) is 0 Å². The quantitative estimate of drug-likeness (QED) is 0.825. The molecule has 0 aromatic heterocycles. The largest absolute Gasteiger partial charge is 0.381 e. The fraction of sp³-hybridized carbons (Fsp3) is 0.562. The number of benzene rings is 1. The van der Waals surface area contributed by atoms with Crippen LogP contribution in [0, 0.1) is 12.8 Å². The van der Waals surface area contributed by atoms with Crippen LogP contribution in [0.15, 0.2) is 18.2 Å². The molecule has 24 heavy (non-hydrogen) atoms. The topological polar surface area (TPSA) is 75.7 Å². The Hall–Kier alpha value is -1.31. The van der Waals surface area contributed by atoms with Crippen LogP contribution in [0.3, 0.4) is 0 Å². The number of carbonyl (C=O) groups excluding carboxylic acids is 1. The maximum Gasteiger partial charge on any atom is 0.232 e. The minimum Gasteiger partial charge on any atom is -0.381 e. The van der Waals surface area contributed by atoms with E-state index >= 15 is 0 Å². The van der Waals surface area contributed by atoms with Crippen molar-refractivity contribution in [3.05, 3.63) is 28.8 Å². The van der Waals surface area contributed by atoms with Gasteiger partial charge in [0, 0.05) is 30.7 Å². The minimum absolute atomic E-state index is 0.0467. The first-order valence-electron chi connectivity index (χ1n) is 7.88. The Bertz CT molecular complexity index is 687. The van der Waals surface area contributed by atoms with Gasteiger partial charge in [-0.2, -0.15) is 0 Å². The van der Waals surface area contributed by atoms with Gasteiger partial charge in [0.2, 0.25) is 15.9 Å². The molecule has 8 heteroatoms. The molecule has 0 saturated carbocycles. The fourth-order valence-electron chi connectivity index (χ4n) is 2.70. The molecule has 0 aliphatic carbocycles. The predicted molar refractivity (Wildman–Crippen MR) is 94.9 cm³/mol. The van der Waals surface area contributed by atoms with E-state index < -0.39 is 10.0 Å². The van der Waals surface area contributed by atoms with Gasteiger partial charge in [-0.15, -0.1) is 0 Å². The van der Waals surface area contributed by atoms with Crippen LogP contribution in [-0.2, 0) is 19.6 Å². The lowest BCUT2D eigenvalue weighted by molar-refractivity contribution is -0.127. The molecule has 0 spiro atoms. The summed E-state index contributed by atoms with van der Waals surface area (Å²) >= 11 is 5.99. The minimum atomic E-state index is -3.48. The van der Waals surface area contributed by atoms with E-state index in [4.69, 9.17) is 16.3 Å². The number of anilines is 1. The molecule has 1 aliphatic heterocycles. The smallest absolute Gasteiger partial charge is 0.232 e. The van der Waals surface area contributed by atoms with Gasteiger partial charge >= 0.3 is 0 Å². The molecule has 0 bridgehead atoms. The van der Waals surface area contributed by atoms with E-state index in [1.807, 2.05) is 6.92 Å². The first-order chi connectivity index (χ1) is 11.3. The number of carbonyl (C=O) groups is 1. The Labute approximate surface area is 148 Å². The highest BCUT2D eigenvalue weighted by Gasteiger charge is 2.23. The summed E-state index contributed by atoms with van der Waals surface area (Å²) in [5, 5.41) is 3.29. The van der Waals surface area contributed by atoms with Crippen molar-refractivity contribution in [2.24, 2.45) is 5.92 Å². The van der Waals surface area contributed by atoms with Crippen LogP contribution in [0.5, 0.6) is 0 Å². The Morgan fingerprint density at radius 3 is 2.67 bits per heavy atom. The Morgan fingerprint density at radius 1 is 1.38 bits per heavy atom. The normalized spacial score (nSPS) is 16.0. The molecule has 0 atom stereocenters. The number of rotatable bonds is 6. The first-order valence-corrected chi connectivity index (χ1v) is 10.1. The van der Waals surface area contributed by atoms with Crippen LogP contribution >= 0.6 is 11.6 Å². The molecule has 0 radical (unpaired) electrons. The lowest BCUT2D eigenvalue weighted by Gasteiger charge is -2.25. The van der Waals surface area contributed by atoms with Crippen LogP contribution < -0.4 is 9.62 Å². The zero-order valence-corrected chi connectivity index (χ0v) is 15.5. The summed E-state index contributed by atoms with van der Waals surface area (Å²) < 4.78 is 30.8. The number of hydrogen-bond donors (Lipinski definition) is 1. The van der Waals surface area contributed by atoms with Gasteiger partial charge < -0.3 is 10.1 Å². The van der Waals surface area contributed by atoms with Crippen molar-refractivity contribution in [3.63, 3.8) is 0 Å². The van der Waals surface area contributed by atoms with Gasteiger partial charge in [0.1, 0.15) is 0 Å². The molecule has 2 rings (SSSR count). The summed E-state index contributed by atoms with van der Waals surface area (Å²) in [5.41, 5.74) is 1.34. The summed E-state index contributed by atoms with van der Waals surface area (Å²) in [6.45, 7) is 3.42. The van der Waals surface area contributed by atoms with Crippen molar-refractivity contribution in [1.82, 2.24) is 5.32 Å². The van der Waals surface area contributed by atoms with Crippen molar-refractivity contribution < 1.29 is 17.9 Å². The zero-order chi connectivity index (χ0) is 17.7. The van der Waals surface area contributed by atoms with Gasteiger partial charge in [-0.1, -0.05) is 17.7 Å². The second kappa shape index (κ2) is 8.18. The Kier molecular flexibility index (Phi) is 6.48. The van der Waals surface area contributed by atoms with E-state index in [0.29, 0.717) is 36.8 Å². The van der Waals surface area contributed by atoms with E-state index in [-0.39, 0.29) is 24.9 Å². The number of ether oxygens (including phenoxy) is 1. The number of aryl methyl sites for hydroxylation is 1. The van der Waals surface area contributed by atoms with Crippen molar-refractivity contribution in [1.29, 1.82) is 0 Å². The van der Waals surface area contributed by atoms with Gasteiger partial charge in [0.15, 0.2) is 0 Å². The summed E-state index contributed by atoms with van der Waals surface area (Å²) in [6.07, 6.45) is 2.55. The van der Waals surface area contributed by atoms with Gasteiger partial charge in [-0.3, -0.25) is 9.10 Å². The highest BCUT2D eigenvalue weighted by molar-refractivity contribution is 7.92. The average Bonchev–Trinajstić information content (AvgIpc) is 2.53. The lowest BCUT2D eigenvalue weighted by Crippen LogP contribution is -2.41. The van der Waals surface area contributed by atoms with E-state index in [0.717, 1.165) is 11.8 Å². The van der Waals surface area contributed by atoms with Crippen LogP contribution in [-0.4, -0.2) is 46.9 Å². The SMILES string of the molecule is Cc1ccc(Cl)cc1N(CCNC(=O)C1CCOCC1)S(C)(=O)=O. The van der Waals surface area contributed by atoms with E-state index in [2.05, 4.69) is 5.32 Å². The second-order valence-corrected chi connectivity index (χ2v) is 8.29. The van der Waals surface area contributed by atoms with Crippen LogP contribution in [0.4, 0.5) is 5.69 Å². The van der Waals surface area contributed by atoms with Gasteiger partial charge in [-0.25, -0.2) is 8.42 Å². The summed E-state index contributed by atoms with van der Waals surface area (Å²) in [4.78, 5) is 12.1. The van der Waals surface area contributed by atoms with Crippen LogP contribution in [0.1, 0.15) is 18.4 Å². The molecule has 1 saturated heterocycles. The van der Waals surface area contributed by atoms with E-state index in [1.165, 1.54) is 4.31 Å². The van der Waals surface area contributed by atoms with Crippen molar-refractivity contribution in [2.45, 2.75) is 19.8 Å². The third kappa shape index (κ3) is 5.09. The third-order valence-corrected chi connectivity index (χ3v) is 5.46. The first kappa shape index (κ1) is 19.0. The molecule has 1 amide bonds. The molecule has 1 aromatic carbocycles. The molecule has 134 valence electrons. The average molecular weight is 375 g/mol.